The number of carboxylic acids is 1. The van der Waals surface area contributed by atoms with Crippen molar-refractivity contribution in [1.82, 2.24) is 19.9 Å². The molecule has 0 aliphatic carbocycles. The second kappa shape index (κ2) is 9.55. The van der Waals surface area contributed by atoms with Crippen molar-refractivity contribution in [3.8, 4) is 23.2 Å². The van der Waals surface area contributed by atoms with E-state index in [1.54, 1.807) is 25.5 Å². The van der Waals surface area contributed by atoms with Gasteiger partial charge in [-0.1, -0.05) is 11.8 Å². The van der Waals surface area contributed by atoms with Crippen molar-refractivity contribution in [2.45, 2.75) is 25.1 Å². The van der Waals surface area contributed by atoms with E-state index in [0.717, 1.165) is 16.5 Å². The molecule has 0 bridgehead atoms. The highest BCUT2D eigenvalue weighted by molar-refractivity contribution is 5.90. The number of aromatic nitrogens is 3. The fourth-order valence-electron chi connectivity index (χ4n) is 3.25. The molecular weight excluding hydrogens is 467 g/mol. The van der Waals surface area contributed by atoms with Crippen LogP contribution in [0.15, 0.2) is 36.7 Å². The molecule has 0 radical (unpaired) electrons. The Morgan fingerprint density at radius 2 is 1.94 bits per heavy atom. The van der Waals surface area contributed by atoms with Crippen molar-refractivity contribution in [1.29, 1.82) is 0 Å². The number of fused-ring (bicyclic) bond motifs is 1. The van der Waals surface area contributed by atoms with E-state index in [0.29, 0.717) is 35.7 Å². The van der Waals surface area contributed by atoms with Crippen LogP contribution in [0.4, 0.5) is 19.0 Å². The van der Waals surface area contributed by atoms with Gasteiger partial charge in [-0.25, -0.2) is 19.7 Å². The van der Waals surface area contributed by atoms with Crippen molar-refractivity contribution < 1.29 is 33.0 Å². The van der Waals surface area contributed by atoms with Crippen molar-refractivity contribution in [3.63, 3.8) is 0 Å². The van der Waals surface area contributed by atoms with Gasteiger partial charge in [-0.15, -0.1) is 0 Å². The minimum absolute atomic E-state index is 0.300. The first-order valence-corrected chi connectivity index (χ1v) is 10.1. The largest absolute Gasteiger partial charge is 0.490 e. The number of aliphatic carboxylic acids is 1. The summed E-state index contributed by atoms with van der Waals surface area (Å²) >= 11 is 0. The first-order chi connectivity index (χ1) is 16.3. The van der Waals surface area contributed by atoms with E-state index in [-0.39, 0.29) is 5.91 Å². The monoisotopic (exact) mass is 487 g/mol. The average Bonchev–Trinajstić information content (AvgIpc) is 3.05. The van der Waals surface area contributed by atoms with E-state index in [1.807, 2.05) is 25.1 Å². The number of rotatable bonds is 1. The molecule has 4 rings (SSSR count). The van der Waals surface area contributed by atoms with Crippen molar-refractivity contribution in [2.24, 2.45) is 0 Å². The van der Waals surface area contributed by atoms with Crippen LogP contribution >= 0.6 is 0 Å². The Labute approximate surface area is 197 Å². The fourth-order valence-corrected chi connectivity index (χ4v) is 3.25. The minimum atomic E-state index is -5.08. The summed E-state index contributed by atoms with van der Waals surface area (Å²) in [5, 5.41) is 18.4. The summed E-state index contributed by atoms with van der Waals surface area (Å²) in [6.45, 7) is 2.43. The van der Waals surface area contributed by atoms with E-state index >= 15 is 0 Å². The standard InChI is InChI=1S/C21H19N5O2.C2HF3O2/c1-13-9-14(3-5-21(28)6-8-26(2)20(21)27)11-16(10-13)19-24-12-15-4-7-23-18(22)17(15)25-19;3-2(4,5)1(6)7/h4,7,9-12,28H,6,8H2,1-2H3,(H2,22,23);(H,6,7)/t21-;/m0./s1. The Morgan fingerprint density at radius 3 is 2.54 bits per heavy atom. The lowest BCUT2D eigenvalue weighted by Crippen LogP contribution is -2.37. The van der Waals surface area contributed by atoms with E-state index in [9.17, 15) is 23.1 Å². The maximum Gasteiger partial charge on any atom is 0.490 e. The Bertz CT molecular complexity index is 1370. The quantitative estimate of drug-likeness (QED) is 0.443. The number of hydrogen-bond donors (Lipinski definition) is 3. The van der Waals surface area contributed by atoms with Crippen molar-refractivity contribution in [3.05, 3.63) is 47.8 Å². The third kappa shape index (κ3) is 5.82. The normalized spacial score (nSPS) is 17.4. The molecule has 182 valence electrons. The van der Waals surface area contributed by atoms with Gasteiger partial charge in [0.2, 0.25) is 5.60 Å². The molecule has 1 saturated heterocycles. The number of halogens is 3. The van der Waals surface area contributed by atoms with E-state index in [1.165, 1.54) is 4.90 Å². The number of nitrogen functional groups attached to an aromatic ring is 1. The molecule has 35 heavy (non-hydrogen) atoms. The predicted octanol–water partition coefficient (Wildman–Crippen LogP) is 2.16. The number of carbonyl (C=O) groups is 2. The zero-order chi connectivity index (χ0) is 26.0. The molecule has 0 unspecified atom stereocenters. The molecule has 1 fully saturated rings. The summed E-state index contributed by atoms with van der Waals surface area (Å²) in [5.74, 6) is 3.41. The second-order valence-electron chi connectivity index (χ2n) is 7.81. The maximum absolute atomic E-state index is 12.1. The molecule has 1 aliphatic rings. The fraction of sp³-hybridized carbons (Fsp3) is 0.261. The molecule has 3 aromatic rings. The van der Waals surface area contributed by atoms with Crippen LogP contribution in [0.2, 0.25) is 0 Å². The molecule has 0 spiro atoms. The number of carboxylic acid groups (broad SMARTS) is 1. The Kier molecular flexibility index (Phi) is 6.93. The van der Waals surface area contributed by atoms with Gasteiger partial charge in [0.1, 0.15) is 11.3 Å². The molecule has 1 amide bonds. The van der Waals surface area contributed by atoms with Crippen LogP contribution in [0.3, 0.4) is 0 Å². The van der Waals surface area contributed by atoms with Gasteiger partial charge in [0.05, 0.1) is 0 Å². The third-order valence-corrected chi connectivity index (χ3v) is 5.03. The number of aryl methyl sites for hydroxylation is 1. The number of carbonyl (C=O) groups excluding carboxylic acids is 1. The Balaban J connectivity index is 0.000000429. The second-order valence-corrected chi connectivity index (χ2v) is 7.81. The molecule has 0 saturated carbocycles. The summed E-state index contributed by atoms with van der Waals surface area (Å²) < 4.78 is 31.7. The average molecular weight is 487 g/mol. The molecule has 4 N–H and O–H groups in total. The number of nitrogens with zero attached hydrogens (tertiary/aromatic N) is 4. The number of amides is 1. The molecule has 3 heterocycles. The van der Waals surface area contributed by atoms with Gasteiger partial charge in [0, 0.05) is 48.9 Å². The molecule has 12 heteroatoms. The minimum Gasteiger partial charge on any atom is -0.475 e. The third-order valence-electron chi connectivity index (χ3n) is 5.03. The van der Waals surface area contributed by atoms with Crippen LogP contribution in [-0.2, 0) is 9.59 Å². The van der Waals surface area contributed by atoms with E-state index < -0.39 is 17.7 Å². The van der Waals surface area contributed by atoms with Crippen LogP contribution in [0, 0.1) is 18.8 Å². The molecule has 1 atom stereocenters. The summed E-state index contributed by atoms with van der Waals surface area (Å²) in [6, 6.07) is 7.47. The lowest BCUT2D eigenvalue weighted by molar-refractivity contribution is -0.192. The number of hydrogen-bond acceptors (Lipinski definition) is 7. The zero-order valence-electron chi connectivity index (χ0n) is 18.6. The van der Waals surface area contributed by atoms with Crippen LogP contribution in [0.5, 0.6) is 0 Å². The lowest BCUT2D eigenvalue weighted by Gasteiger charge is -2.13. The van der Waals surface area contributed by atoms with E-state index in [4.69, 9.17) is 15.6 Å². The number of pyridine rings is 1. The van der Waals surface area contributed by atoms with Gasteiger partial charge >= 0.3 is 12.1 Å². The molecule has 9 nitrogen and oxygen atoms in total. The van der Waals surface area contributed by atoms with E-state index in [2.05, 4.69) is 26.8 Å². The zero-order valence-corrected chi connectivity index (χ0v) is 18.6. The van der Waals surface area contributed by atoms with Gasteiger partial charge in [0.15, 0.2) is 5.82 Å². The van der Waals surface area contributed by atoms with Crippen LogP contribution in [0.25, 0.3) is 22.3 Å². The van der Waals surface area contributed by atoms with Gasteiger partial charge in [-0.3, -0.25) is 4.79 Å². The van der Waals surface area contributed by atoms with Crippen molar-refractivity contribution in [2.75, 3.05) is 19.3 Å². The number of likely N-dealkylation sites (N-methyl/N-ethyl adjacent to an activating group) is 1. The first kappa shape index (κ1) is 25.4. The summed E-state index contributed by atoms with van der Waals surface area (Å²) in [6.07, 6.45) is -1.46. The van der Waals surface area contributed by atoms with Crippen LogP contribution < -0.4 is 5.73 Å². The lowest BCUT2D eigenvalue weighted by atomic mass is 10.0. The topological polar surface area (TPSA) is 143 Å². The smallest absolute Gasteiger partial charge is 0.475 e. The molecule has 1 aliphatic heterocycles. The predicted molar refractivity (Wildman–Crippen MR) is 120 cm³/mol. The number of nitrogens with two attached hydrogens (primary N) is 1. The Hall–Kier alpha value is -4.24. The molecule has 2 aromatic heterocycles. The molecular formula is C23H20F3N5O4. The Morgan fingerprint density at radius 1 is 1.26 bits per heavy atom. The van der Waals surface area contributed by atoms with Gasteiger partial charge in [0.25, 0.3) is 5.91 Å². The number of likely N-dealkylation sites (tertiary alicyclic amines) is 1. The first-order valence-electron chi connectivity index (χ1n) is 10.1. The number of alkyl halides is 3. The SMILES string of the molecule is Cc1cc(C#C[C@]2(O)CCN(C)C2=O)cc(-c2ncc3ccnc(N)c3n2)c1.O=C(O)C(F)(F)F. The summed E-state index contributed by atoms with van der Waals surface area (Å²) in [4.78, 5) is 35.5. The maximum atomic E-state index is 12.1. The number of benzene rings is 1. The summed E-state index contributed by atoms with van der Waals surface area (Å²) in [5.41, 5.74) is 7.31. The number of aliphatic hydroxyl groups is 1. The summed E-state index contributed by atoms with van der Waals surface area (Å²) in [7, 11) is 1.66. The molecule has 1 aromatic carbocycles. The highest BCUT2D eigenvalue weighted by Crippen LogP contribution is 2.24. The van der Waals surface area contributed by atoms with Crippen LogP contribution in [-0.4, -0.2) is 67.3 Å². The van der Waals surface area contributed by atoms with Gasteiger partial charge in [-0.2, -0.15) is 13.2 Å². The highest BCUT2D eigenvalue weighted by Gasteiger charge is 2.42. The highest BCUT2D eigenvalue weighted by atomic mass is 19.4. The van der Waals surface area contributed by atoms with Gasteiger partial charge < -0.3 is 20.8 Å². The van der Waals surface area contributed by atoms with Crippen LogP contribution in [0.1, 0.15) is 17.5 Å². The van der Waals surface area contributed by atoms with Crippen molar-refractivity contribution >= 4 is 28.6 Å². The van der Waals surface area contributed by atoms with Gasteiger partial charge in [-0.05, 0) is 36.8 Å². The number of anilines is 1.